The van der Waals surface area contributed by atoms with Crippen molar-refractivity contribution in [3.8, 4) is 0 Å². The molecular formula is C13H7BrF2O. The van der Waals surface area contributed by atoms with Gasteiger partial charge in [0.25, 0.3) is 0 Å². The number of carbonyl (C=O) groups is 1. The molecule has 0 N–H and O–H groups in total. The second-order valence-corrected chi connectivity index (χ2v) is 4.32. The van der Waals surface area contributed by atoms with E-state index in [2.05, 4.69) is 15.9 Å². The van der Waals surface area contributed by atoms with Gasteiger partial charge in [-0.05, 0) is 58.4 Å². The number of benzene rings is 2. The maximum Gasteiger partial charge on any atom is 0.193 e. The Bertz CT molecular complexity index is 564. The largest absolute Gasteiger partial charge is 0.289 e. The molecule has 4 heteroatoms. The van der Waals surface area contributed by atoms with E-state index in [1.54, 1.807) is 0 Å². The van der Waals surface area contributed by atoms with Gasteiger partial charge < -0.3 is 0 Å². The summed E-state index contributed by atoms with van der Waals surface area (Å²) in [6.07, 6.45) is 0. The van der Waals surface area contributed by atoms with Crippen molar-refractivity contribution >= 4 is 21.7 Å². The van der Waals surface area contributed by atoms with Crippen molar-refractivity contribution in [1.29, 1.82) is 0 Å². The number of carbonyl (C=O) groups excluding carboxylic acids is 1. The van der Waals surface area contributed by atoms with Crippen molar-refractivity contribution in [3.63, 3.8) is 0 Å². The zero-order chi connectivity index (χ0) is 12.4. The minimum absolute atomic E-state index is 0.234. The minimum atomic E-state index is -0.502. The summed E-state index contributed by atoms with van der Waals surface area (Å²) in [5.74, 6) is -1.25. The molecule has 86 valence electrons. The molecule has 17 heavy (non-hydrogen) atoms. The molecule has 1 nitrogen and oxygen atoms in total. The van der Waals surface area contributed by atoms with Crippen LogP contribution in [0, 0.1) is 11.6 Å². The van der Waals surface area contributed by atoms with Gasteiger partial charge in [0, 0.05) is 11.1 Å². The standard InChI is InChI=1S/C13H7BrF2O/c14-11-6-3-9(7-12(11)16)13(17)8-1-4-10(15)5-2-8/h1-7H. The molecule has 0 heterocycles. The Hall–Kier alpha value is -1.55. The molecule has 2 aromatic rings. The van der Waals surface area contributed by atoms with E-state index >= 15 is 0 Å². The molecule has 0 fully saturated rings. The molecule has 0 atom stereocenters. The van der Waals surface area contributed by atoms with Crippen molar-refractivity contribution < 1.29 is 13.6 Å². The smallest absolute Gasteiger partial charge is 0.193 e. The molecule has 0 aromatic heterocycles. The van der Waals surface area contributed by atoms with E-state index in [1.165, 1.54) is 36.4 Å². The third kappa shape index (κ3) is 2.58. The van der Waals surface area contributed by atoms with E-state index < -0.39 is 11.6 Å². The summed E-state index contributed by atoms with van der Waals surface area (Å²) in [5, 5.41) is 0. The summed E-state index contributed by atoms with van der Waals surface area (Å²) in [4.78, 5) is 11.9. The Kier molecular flexibility index (Phi) is 3.33. The van der Waals surface area contributed by atoms with Gasteiger partial charge in [-0.15, -0.1) is 0 Å². The zero-order valence-electron chi connectivity index (χ0n) is 8.58. The fourth-order valence-electron chi connectivity index (χ4n) is 1.41. The average molecular weight is 297 g/mol. The minimum Gasteiger partial charge on any atom is -0.289 e. The SMILES string of the molecule is O=C(c1ccc(F)cc1)c1ccc(Br)c(F)c1. The molecule has 0 aliphatic heterocycles. The highest BCUT2D eigenvalue weighted by atomic mass is 79.9. The molecule has 0 spiro atoms. The van der Waals surface area contributed by atoms with Crippen LogP contribution < -0.4 is 0 Å². The normalized spacial score (nSPS) is 10.3. The summed E-state index contributed by atoms with van der Waals surface area (Å²) in [6, 6.07) is 9.26. The highest BCUT2D eigenvalue weighted by Crippen LogP contribution is 2.18. The summed E-state index contributed by atoms with van der Waals surface area (Å²) < 4.78 is 26.3. The molecule has 2 aromatic carbocycles. The lowest BCUT2D eigenvalue weighted by Gasteiger charge is -2.02. The zero-order valence-corrected chi connectivity index (χ0v) is 10.2. The van der Waals surface area contributed by atoms with Gasteiger partial charge in [0.05, 0.1) is 4.47 Å². The maximum absolute atomic E-state index is 13.3. The lowest BCUT2D eigenvalue weighted by atomic mass is 10.0. The number of rotatable bonds is 2. The van der Waals surface area contributed by atoms with Gasteiger partial charge in [-0.2, -0.15) is 0 Å². The molecule has 0 unspecified atom stereocenters. The second kappa shape index (κ2) is 4.75. The van der Waals surface area contributed by atoms with Crippen LogP contribution >= 0.6 is 15.9 Å². The van der Waals surface area contributed by atoms with Crippen LogP contribution in [0.5, 0.6) is 0 Å². The van der Waals surface area contributed by atoms with Crippen molar-refractivity contribution in [3.05, 3.63) is 69.7 Å². The molecule has 0 amide bonds. The first-order valence-electron chi connectivity index (χ1n) is 4.83. The van der Waals surface area contributed by atoms with Gasteiger partial charge in [-0.25, -0.2) is 8.78 Å². The Morgan fingerprint density at radius 3 is 2.12 bits per heavy atom. The average Bonchev–Trinajstić information content (AvgIpc) is 2.33. The molecule has 2 rings (SSSR count). The lowest BCUT2D eigenvalue weighted by molar-refractivity contribution is 0.103. The van der Waals surface area contributed by atoms with Gasteiger partial charge in [-0.3, -0.25) is 4.79 Å². The first-order valence-corrected chi connectivity index (χ1v) is 5.62. The Balaban J connectivity index is 2.37. The van der Waals surface area contributed by atoms with Crippen molar-refractivity contribution in [2.75, 3.05) is 0 Å². The third-order valence-electron chi connectivity index (χ3n) is 2.29. The Morgan fingerprint density at radius 1 is 0.941 bits per heavy atom. The predicted molar refractivity (Wildman–Crippen MR) is 63.9 cm³/mol. The van der Waals surface area contributed by atoms with Gasteiger partial charge in [-0.1, -0.05) is 0 Å². The highest BCUT2D eigenvalue weighted by Gasteiger charge is 2.11. The van der Waals surface area contributed by atoms with Crippen molar-refractivity contribution in [2.24, 2.45) is 0 Å². The molecule has 0 aliphatic carbocycles. The summed E-state index contributed by atoms with van der Waals surface area (Å²) in [7, 11) is 0. The molecule has 0 aliphatic rings. The topological polar surface area (TPSA) is 17.1 Å². The van der Waals surface area contributed by atoms with E-state index in [1.807, 2.05) is 0 Å². The fraction of sp³-hybridized carbons (Fsp3) is 0. The van der Waals surface area contributed by atoms with Gasteiger partial charge in [0.1, 0.15) is 11.6 Å². The number of halogens is 3. The van der Waals surface area contributed by atoms with Crippen LogP contribution in [0.3, 0.4) is 0 Å². The summed E-state index contributed by atoms with van der Waals surface area (Å²) in [6.45, 7) is 0. The molecule has 0 bridgehead atoms. The van der Waals surface area contributed by atoms with Crippen molar-refractivity contribution in [2.45, 2.75) is 0 Å². The highest BCUT2D eigenvalue weighted by molar-refractivity contribution is 9.10. The molecule has 0 saturated carbocycles. The lowest BCUT2D eigenvalue weighted by Crippen LogP contribution is -2.01. The molecule has 0 radical (unpaired) electrons. The maximum atomic E-state index is 13.3. The monoisotopic (exact) mass is 296 g/mol. The number of ketones is 1. The van der Waals surface area contributed by atoms with Crippen LogP contribution in [0.1, 0.15) is 15.9 Å². The van der Waals surface area contributed by atoms with Crippen LogP contribution in [-0.2, 0) is 0 Å². The van der Waals surface area contributed by atoms with E-state index in [4.69, 9.17) is 0 Å². The molecule has 0 saturated heterocycles. The van der Waals surface area contributed by atoms with E-state index in [0.717, 1.165) is 6.07 Å². The predicted octanol–water partition coefficient (Wildman–Crippen LogP) is 3.96. The Morgan fingerprint density at radius 2 is 1.53 bits per heavy atom. The number of hydrogen-bond acceptors (Lipinski definition) is 1. The Labute approximate surface area is 105 Å². The molecular weight excluding hydrogens is 290 g/mol. The number of hydrogen-bond donors (Lipinski definition) is 0. The van der Waals surface area contributed by atoms with Crippen LogP contribution in [-0.4, -0.2) is 5.78 Å². The second-order valence-electron chi connectivity index (χ2n) is 3.46. The van der Waals surface area contributed by atoms with Gasteiger partial charge >= 0.3 is 0 Å². The van der Waals surface area contributed by atoms with Crippen LogP contribution in [0.4, 0.5) is 8.78 Å². The van der Waals surface area contributed by atoms with Gasteiger partial charge in [0.15, 0.2) is 5.78 Å². The summed E-state index contributed by atoms with van der Waals surface area (Å²) >= 11 is 3.01. The quantitative estimate of drug-likeness (QED) is 0.767. The van der Waals surface area contributed by atoms with Crippen molar-refractivity contribution in [1.82, 2.24) is 0 Å². The summed E-state index contributed by atoms with van der Waals surface area (Å²) in [5.41, 5.74) is 0.561. The van der Waals surface area contributed by atoms with E-state index in [0.29, 0.717) is 10.0 Å². The van der Waals surface area contributed by atoms with Gasteiger partial charge in [0.2, 0.25) is 0 Å². The van der Waals surface area contributed by atoms with Crippen LogP contribution in [0.25, 0.3) is 0 Å². The first-order chi connectivity index (χ1) is 8.08. The van der Waals surface area contributed by atoms with Crippen LogP contribution in [0.2, 0.25) is 0 Å². The third-order valence-corrected chi connectivity index (χ3v) is 2.93. The van der Waals surface area contributed by atoms with Crippen LogP contribution in [0.15, 0.2) is 46.9 Å². The van der Waals surface area contributed by atoms with E-state index in [-0.39, 0.29) is 11.3 Å². The fourth-order valence-corrected chi connectivity index (χ4v) is 1.65. The van der Waals surface area contributed by atoms with E-state index in [9.17, 15) is 13.6 Å². The first kappa shape index (κ1) is 11.9.